The second kappa shape index (κ2) is 65.2. The van der Waals surface area contributed by atoms with E-state index in [1.54, 1.807) is 12.2 Å². The molecule has 0 saturated carbocycles. The van der Waals surface area contributed by atoms with Gasteiger partial charge in [-0.15, -0.1) is 13.2 Å². The Morgan fingerprint density at radius 3 is 1.09 bits per heavy atom. The molecular weight excluding hydrogens is 1980 g/mol. The number of nitrogens with one attached hydrogen (secondary N) is 9. The number of aromatic nitrogens is 6. The highest BCUT2D eigenvalue weighted by Gasteiger charge is 2.46. The summed E-state index contributed by atoms with van der Waals surface area (Å²) in [6.07, 6.45) is 7.10. The number of carbonyl (C=O) groups is 17. The van der Waals surface area contributed by atoms with Gasteiger partial charge in [0.2, 0.25) is 53.2 Å². The molecule has 9 amide bonds. The predicted molar refractivity (Wildman–Crippen MR) is 529 cm³/mol. The molecule has 0 radical (unpaired) electrons. The van der Waals surface area contributed by atoms with Crippen molar-refractivity contribution < 1.29 is 163 Å². The van der Waals surface area contributed by atoms with Gasteiger partial charge in [-0.1, -0.05) is 58.9 Å². The molecule has 22 atom stereocenters. The van der Waals surface area contributed by atoms with Crippen LogP contribution >= 0.6 is 15.6 Å². The summed E-state index contributed by atoms with van der Waals surface area (Å²) in [4.78, 5) is 272. The summed E-state index contributed by atoms with van der Waals surface area (Å²) in [7, 11) is -7.19. The van der Waals surface area contributed by atoms with Crippen molar-refractivity contribution in [3.8, 4) is 0 Å². The molecule has 50 nitrogen and oxygen atoms in total. The van der Waals surface area contributed by atoms with Crippen LogP contribution in [0.3, 0.4) is 0 Å². The van der Waals surface area contributed by atoms with Crippen molar-refractivity contribution in [2.75, 3.05) is 86.6 Å². The fourth-order valence-electron chi connectivity index (χ4n) is 17.1. The molecule has 3 saturated heterocycles. The minimum absolute atomic E-state index is 0.0156. The number of carbonyl (C=O) groups excluding carboxylic acids is 17. The highest BCUT2D eigenvalue weighted by Crippen LogP contribution is 2.45. The number of phosphoric ester groups is 2. The molecule has 0 aliphatic carbocycles. The smallest absolute Gasteiger partial charge is 0.396 e. The first kappa shape index (κ1) is 129. The number of hydrogen-bond acceptors (Lipinski definition) is 36. The molecule has 6 rings (SSSR count). The molecule has 830 valence electrons. The zero-order chi connectivity index (χ0) is 111. The first-order chi connectivity index (χ1) is 69.7. The largest absolute Gasteiger partial charge is 0.472 e. The molecule has 6 heterocycles. The van der Waals surface area contributed by atoms with Crippen LogP contribution in [0.25, 0.3) is 0 Å². The Kier molecular flexibility index (Phi) is 57.0. The first-order valence-corrected chi connectivity index (χ1v) is 51.9. The van der Waals surface area contributed by atoms with E-state index in [1.807, 2.05) is 41.5 Å². The second-order valence-electron chi connectivity index (χ2n) is 38.1. The van der Waals surface area contributed by atoms with Gasteiger partial charge in [-0.05, 0) is 77.6 Å². The molecule has 0 spiro atoms. The van der Waals surface area contributed by atoms with Crippen LogP contribution in [0.5, 0.6) is 0 Å². The van der Waals surface area contributed by atoms with E-state index in [0.29, 0.717) is 55.7 Å². The number of hydrogen-bond donors (Lipinski definition) is 17. The number of H-pyrrole nitrogens is 3. The molecule has 3 fully saturated rings. The normalized spacial score (nSPS) is 19.5. The summed E-state index contributed by atoms with van der Waals surface area (Å²) in [5.74, 6) is -15.1. The Balaban J connectivity index is 0.000000463. The summed E-state index contributed by atoms with van der Waals surface area (Å²) in [5, 5.41) is 76.5. The Morgan fingerprint density at radius 1 is 0.473 bits per heavy atom. The number of nitrogens with zero attached hydrogens (tertiary/aromatic N) is 7. The van der Waals surface area contributed by atoms with Crippen LogP contribution in [-0.4, -0.2) is 362 Å². The van der Waals surface area contributed by atoms with E-state index in [2.05, 4.69) is 89.2 Å². The minimum Gasteiger partial charge on any atom is -0.396 e. The molecule has 3 aliphatic heterocycles. The van der Waals surface area contributed by atoms with Gasteiger partial charge in [0.1, 0.15) is 30.9 Å². The van der Waals surface area contributed by atoms with Gasteiger partial charge in [0, 0.05) is 179 Å². The standard InChI is InChI=1S/2C33H52N5O12P.C30H48N6O10/c2*1-8-9-49-26-14-28(38(16-26)22(6)41)30(43)11-23(10-19(2)3)32(44)36-27(13-25-15-34-18-35-25)29(42)12-24(17-39)33(45)37-31(20(4)40)21(5)50-51(46,47)48-7;1-18(2)9-20(10-26(41)24-5-4-7-36(24)19(3)39)30(45)35-23(12-22-13-31-17-33-22)25(40)11-21(15-37)29(44)32-6-8-46-34-14-27(42)28(43)16-38/h2*8,15,18-19,21,23-24,26-28,31,39H,1,9-14,16-17H2,2-7H3,(H,34,35)(H,36,44)(H,37,45)(H,46,47);13-14,17-18,20-21,23-24,27-28,37-38,42-43H,4-12,15-16H2,1-3H3,(H,31,33)(H,32,44)(H,35,45)/b;;34-14+/t2*21?,23-,24+,26-,27+,28+,31-;20-,21+,23+,24+,27?,28?/m111/s1. The lowest BCUT2D eigenvalue weighted by Crippen LogP contribution is -2.51. The third-order valence-electron chi connectivity index (χ3n) is 24.7. The quantitative estimate of drug-likeness (QED) is 0.0121. The SMILES string of the molecule is C=CCO[C@@H]1C[C@@H](C(=O)C[C@@H](CC(C)C)C(=O)N[C@@H](Cc2cnc[nH]2)C(=O)C[C@@H](CO)C(=O)N[C@H](C(C)=O)C(C)OP(=O)(O)OC)N(C(C)=O)C1.C=CCO[C@@H]1C[C@@H](C(=O)C[C@@H](CC(C)C)C(=O)N[C@@H](Cc2cnc[nH]2)C(=O)C[C@@H](CO)C(=O)N[C@H](C(C)=O)C(C)OP(=O)(O)OC)N(C(C)=O)C1.CC(=O)N1CCC[C@H]1C(=O)C[C@@H](CC(C)C)C(=O)N[C@@H](Cc1cnc[nH]1)C(=O)C[C@@H](CO)C(=O)NCCO/N=C/C(O)C(O)CO. The highest BCUT2D eigenvalue weighted by molar-refractivity contribution is 7.47. The topological polar surface area (TPSA) is 731 Å². The molecule has 0 bridgehead atoms. The average Bonchev–Trinajstić information content (AvgIpc) is 1.68. The Labute approximate surface area is 860 Å². The van der Waals surface area contributed by atoms with Crippen LogP contribution in [0.1, 0.15) is 191 Å². The fourth-order valence-corrected chi connectivity index (χ4v) is 18.3. The second-order valence-corrected chi connectivity index (χ2v) is 41.1. The molecule has 148 heavy (non-hydrogen) atoms. The zero-order valence-corrected chi connectivity index (χ0v) is 88.5. The lowest BCUT2D eigenvalue weighted by molar-refractivity contribution is -0.138. The summed E-state index contributed by atoms with van der Waals surface area (Å²) in [6.45, 7) is 25.9. The first-order valence-electron chi connectivity index (χ1n) is 49.0. The summed E-state index contributed by atoms with van der Waals surface area (Å²) in [5.41, 5.74) is 1.52. The van der Waals surface area contributed by atoms with Crippen molar-refractivity contribution in [2.45, 2.75) is 278 Å². The molecule has 17 N–H and O–H groups in total. The monoisotopic (exact) mass is 2140 g/mol. The molecule has 0 aromatic carbocycles. The van der Waals surface area contributed by atoms with Crippen LogP contribution < -0.4 is 31.9 Å². The number of aliphatic hydroxyl groups is 6. The van der Waals surface area contributed by atoms with Gasteiger partial charge in [0.05, 0.1) is 150 Å². The maximum atomic E-state index is 13.8. The van der Waals surface area contributed by atoms with Gasteiger partial charge in [0.15, 0.2) is 46.3 Å². The number of amides is 9. The molecule has 3 aromatic heterocycles. The number of likely N-dealkylation sites (tertiary alicyclic amines) is 3. The van der Waals surface area contributed by atoms with Crippen molar-refractivity contribution in [3.63, 3.8) is 0 Å². The number of ether oxygens (including phenoxy) is 2. The number of Topliss-reactive ketones (excluding diaryl/α,β-unsaturated/α-hetero) is 8. The van der Waals surface area contributed by atoms with Gasteiger partial charge in [0.25, 0.3) is 0 Å². The molecular formula is C96H152N16O34P2. The number of oxime groups is 1. The van der Waals surface area contributed by atoms with Gasteiger partial charge in [-0.2, -0.15) is 0 Å². The van der Waals surface area contributed by atoms with E-state index in [0.717, 1.165) is 34.3 Å². The summed E-state index contributed by atoms with van der Waals surface area (Å²) < 4.78 is 53.7. The van der Waals surface area contributed by atoms with Crippen LogP contribution in [0.15, 0.2) is 68.0 Å². The molecule has 52 heteroatoms. The number of aliphatic hydroxyl groups excluding tert-OH is 6. The molecule has 6 unspecified atom stereocenters. The lowest BCUT2D eigenvalue weighted by Gasteiger charge is -2.27. The van der Waals surface area contributed by atoms with E-state index in [9.17, 15) is 126 Å². The number of aromatic amines is 3. The number of ketones is 8. The van der Waals surface area contributed by atoms with E-state index >= 15 is 0 Å². The minimum atomic E-state index is -4.52. The zero-order valence-electron chi connectivity index (χ0n) is 86.7. The Bertz CT molecular complexity index is 4740. The van der Waals surface area contributed by atoms with Crippen LogP contribution in [-0.2, 0) is 142 Å². The van der Waals surface area contributed by atoms with Crippen molar-refractivity contribution in [1.29, 1.82) is 0 Å². The Morgan fingerprint density at radius 2 is 0.804 bits per heavy atom. The number of imidazole rings is 3. The van der Waals surface area contributed by atoms with Crippen molar-refractivity contribution in [1.82, 2.24) is 76.5 Å². The summed E-state index contributed by atoms with van der Waals surface area (Å²) in [6, 6.07) is -8.49. The van der Waals surface area contributed by atoms with Gasteiger partial charge in [-0.3, -0.25) is 99.6 Å². The van der Waals surface area contributed by atoms with E-state index in [1.165, 1.54) is 86.9 Å². The lowest BCUT2D eigenvalue weighted by atomic mass is 9.88. The van der Waals surface area contributed by atoms with Gasteiger partial charge < -0.3 is 116 Å². The van der Waals surface area contributed by atoms with Crippen LogP contribution in [0, 0.1) is 53.3 Å². The van der Waals surface area contributed by atoms with E-state index in [4.69, 9.17) is 28.5 Å². The maximum absolute atomic E-state index is 13.8. The van der Waals surface area contributed by atoms with E-state index < -0.39 is 234 Å². The third kappa shape index (κ3) is 44.7. The third-order valence-corrected chi connectivity index (χ3v) is 26.9. The number of rotatable bonds is 67. The Hall–Kier alpha value is -10.9. The van der Waals surface area contributed by atoms with Crippen molar-refractivity contribution in [3.05, 3.63) is 80.0 Å². The van der Waals surface area contributed by atoms with Crippen LogP contribution in [0.2, 0.25) is 0 Å². The predicted octanol–water partition coefficient (Wildman–Crippen LogP) is 0.558. The van der Waals surface area contributed by atoms with Crippen LogP contribution in [0.4, 0.5) is 0 Å². The van der Waals surface area contributed by atoms with Gasteiger partial charge >= 0.3 is 15.6 Å². The van der Waals surface area contributed by atoms with Gasteiger partial charge in [-0.25, -0.2) is 24.1 Å². The van der Waals surface area contributed by atoms with Crippen molar-refractivity contribution >= 4 is 121 Å². The number of phosphoric acid groups is 2. The average molecular weight is 2140 g/mol. The van der Waals surface area contributed by atoms with Crippen molar-refractivity contribution in [2.24, 2.45) is 58.4 Å². The van der Waals surface area contributed by atoms with E-state index in [-0.39, 0.29) is 156 Å². The highest BCUT2D eigenvalue weighted by atomic mass is 31.2. The maximum Gasteiger partial charge on any atom is 0.472 e. The fraction of sp³-hybridized carbons (Fsp3) is 0.677. The molecule has 3 aromatic rings. The summed E-state index contributed by atoms with van der Waals surface area (Å²) >= 11 is 0. The molecule has 3 aliphatic rings.